The van der Waals surface area contributed by atoms with E-state index in [1.165, 1.54) is 0 Å². The minimum absolute atomic E-state index is 0.370. The zero-order chi connectivity index (χ0) is 12.4. The van der Waals surface area contributed by atoms with Gasteiger partial charge in [0.2, 0.25) is 0 Å². The number of hydrazine groups is 1. The summed E-state index contributed by atoms with van der Waals surface area (Å²) in [6.45, 7) is 1.90. The molecule has 0 saturated heterocycles. The van der Waals surface area contributed by atoms with Gasteiger partial charge in [0, 0.05) is 0 Å². The third-order valence-corrected chi connectivity index (χ3v) is 2.60. The number of carbonyl (C=O) groups excluding carboxylic acids is 1. The van der Waals surface area contributed by atoms with E-state index in [1.807, 2.05) is 30.5 Å². The molecule has 0 spiro atoms. The molecule has 0 aliphatic carbocycles. The van der Waals surface area contributed by atoms with Crippen molar-refractivity contribution in [1.82, 2.24) is 15.4 Å². The second kappa shape index (κ2) is 4.52. The molecule has 6 heteroatoms. The minimum Gasteiger partial charge on any atom is -0.342 e. The molecule has 1 aromatic heterocycles. The van der Waals surface area contributed by atoms with E-state index in [-0.39, 0.29) is 5.91 Å². The summed E-state index contributed by atoms with van der Waals surface area (Å²) in [5.74, 6) is 5.52. The monoisotopic (exact) mass is 233 g/mol. The average molecular weight is 233 g/mol. The molecule has 0 aliphatic rings. The Balaban J connectivity index is 2.21. The Hall–Kier alpha value is -1.92. The van der Waals surface area contributed by atoms with E-state index in [2.05, 4.69) is 9.97 Å². The summed E-state index contributed by atoms with van der Waals surface area (Å²) in [4.78, 5) is 18.6. The van der Waals surface area contributed by atoms with Gasteiger partial charge in [0.15, 0.2) is 0 Å². The highest BCUT2D eigenvalue weighted by Crippen LogP contribution is 2.14. The first-order valence-electron chi connectivity index (χ1n) is 5.31. The Bertz CT molecular complexity index is 548. The second-order valence-electron chi connectivity index (χ2n) is 3.99. The number of H-pyrrole nitrogens is 1. The Morgan fingerprint density at radius 2 is 2.35 bits per heavy atom. The number of nitrogens with one attached hydrogen (secondary N) is 2. The number of amides is 1. The van der Waals surface area contributed by atoms with Gasteiger partial charge in [-0.15, -0.1) is 0 Å². The number of benzene rings is 1. The summed E-state index contributed by atoms with van der Waals surface area (Å²) in [5.41, 5.74) is 10.6. The van der Waals surface area contributed by atoms with E-state index >= 15 is 0 Å². The van der Waals surface area contributed by atoms with Crippen LogP contribution in [0.4, 0.5) is 0 Å². The number of aromatic nitrogens is 2. The third-order valence-electron chi connectivity index (χ3n) is 2.60. The minimum atomic E-state index is -0.638. The molecule has 6 nitrogen and oxygen atoms in total. The topological polar surface area (TPSA) is 110 Å². The van der Waals surface area contributed by atoms with Crippen LogP contribution in [0, 0.1) is 6.92 Å². The smallest absolute Gasteiger partial charge is 0.251 e. The predicted octanol–water partition coefficient (Wildman–Crippen LogP) is -0.269. The van der Waals surface area contributed by atoms with Crippen LogP contribution in [-0.2, 0) is 11.2 Å². The van der Waals surface area contributed by atoms with Gasteiger partial charge in [-0.2, -0.15) is 0 Å². The molecular formula is C11H15N5O. The predicted molar refractivity (Wildman–Crippen MR) is 64.8 cm³/mol. The molecule has 90 valence electrons. The number of nitrogens with two attached hydrogens (primary N) is 2. The molecule has 0 bridgehead atoms. The molecular weight excluding hydrogens is 218 g/mol. The normalized spacial score (nSPS) is 12.6. The van der Waals surface area contributed by atoms with Crippen molar-refractivity contribution in [3.8, 4) is 0 Å². The number of rotatable bonds is 3. The average Bonchev–Trinajstić information content (AvgIpc) is 2.67. The lowest BCUT2D eigenvalue weighted by molar-refractivity contribution is -0.122. The van der Waals surface area contributed by atoms with Crippen LogP contribution in [0.15, 0.2) is 18.2 Å². The highest BCUT2D eigenvalue weighted by molar-refractivity contribution is 5.81. The van der Waals surface area contributed by atoms with Gasteiger partial charge < -0.3 is 10.7 Å². The van der Waals surface area contributed by atoms with Gasteiger partial charge in [-0.05, 0) is 31.0 Å². The van der Waals surface area contributed by atoms with Crippen molar-refractivity contribution in [2.24, 2.45) is 11.6 Å². The third kappa shape index (κ3) is 2.43. The number of aryl methyl sites for hydroxylation is 1. The first kappa shape index (κ1) is 11.6. The van der Waals surface area contributed by atoms with Crippen molar-refractivity contribution in [3.63, 3.8) is 0 Å². The highest BCUT2D eigenvalue weighted by atomic mass is 16.2. The molecule has 1 amide bonds. The zero-order valence-electron chi connectivity index (χ0n) is 9.53. The van der Waals surface area contributed by atoms with Crippen molar-refractivity contribution < 1.29 is 4.79 Å². The van der Waals surface area contributed by atoms with Crippen LogP contribution < -0.4 is 17.0 Å². The van der Waals surface area contributed by atoms with E-state index in [9.17, 15) is 4.79 Å². The van der Waals surface area contributed by atoms with Crippen LogP contribution in [0.25, 0.3) is 11.0 Å². The molecule has 0 radical (unpaired) electrons. The van der Waals surface area contributed by atoms with E-state index in [1.54, 1.807) is 0 Å². The van der Waals surface area contributed by atoms with Crippen molar-refractivity contribution in [2.75, 3.05) is 0 Å². The Kier molecular flexibility index (Phi) is 3.08. The lowest BCUT2D eigenvalue weighted by Crippen LogP contribution is -2.45. The molecule has 1 heterocycles. The zero-order valence-corrected chi connectivity index (χ0v) is 9.53. The first-order valence-corrected chi connectivity index (χ1v) is 5.31. The fourth-order valence-corrected chi connectivity index (χ4v) is 1.76. The largest absolute Gasteiger partial charge is 0.342 e. The highest BCUT2D eigenvalue weighted by Gasteiger charge is 2.13. The maximum absolute atomic E-state index is 11.2. The van der Waals surface area contributed by atoms with Crippen LogP contribution in [0.3, 0.4) is 0 Å². The fourth-order valence-electron chi connectivity index (χ4n) is 1.76. The molecule has 1 aromatic carbocycles. The van der Waals surface area contributed by atoms with E-state index in [4.69, 9.17) is 11.6 Å². The molecule has 0 fully saturated rings. The standard InChI is InChI=1S/C11H15N5O/c1-6-14-9-3-2-7(5-10(9)15-6)4-8(12)11(17)16-13/h2-3,5,8H,4,12-13H2,1H3,(H,14,15)(H,16,17). The van der Waals surface area contributed by atoms with E-state index < -0.39 is 6.04 Å². The number of nitrogens with zero attached hydrogens (tertiary/aromatic N) is 1. The molecule has 1 atom stereocenters. The molecule has 17 heavy (non-hydrogen) atoms. The second-order valence-corrected chi connectivity index (χ2v) is 3.99. The number of carbonyl (C=O) groups is 1. The number of fused-ring (bicyclic) bond motifs is 1. The van der Waals surface area contributed by atoms with Crippen LogP contribution in [0.5, 0.6) is 0 Å². The van der Waals surface area contributed by atoms with Gasteiger partial charge in [0.05, 0.1) is 17.1 Å². The molecule has 0 saturated carbocycles. The molecule has 2 aromatic rings. The summed E-state index contributed by atoms with van der Waals surface area (Å²) >= 11 is 0. The summed E-state index contributed by atoms with van der Waals surface area (Å²) in [6.07, 6.45) is 0.442. The van der Waals surface area contributed by atoms with Gasteiger partial charge in [-0.1, -0.05) is 6.07 Å². The maximum Gasteiger partial charge on any atom is 0.251 e. The number of aromatic amines is 1. The molecule has 2 rings (SSSR count). The lowest BCUT2D eigenvalue weighted by atomic mass is 10.1. The number of hydrogen-bond donors (Lipinski definition) is 4. The summed E-state index contributed by atoms with van der Waals surface area (Å²) in [7, 11) is 0. The Morgan fingerprint density at radius 3 is 3.06 bits per heavy atom. The van der Waals surface area contributed by atoms with Crippen molar-refractivity contribution >= 4 is 16.9 Å². The summed E-state index contributed by atoms with van der Waals surface area (Å²) in [5, 5.41) is 0. The van der Waals surface area contributed by atoms with Crippen LogP contribution in [0.1, 0.15) is 11.4 Å². The lowest BCUT2D eigenvalue weighted by Gasteiger charge is -2.09. The number of imidazole rings is 1. The maximum atomic E-state index is 11.2. The fraction of sp³-hybridized carbons (Fsp3) is 0.273. The van der Waals surface area contributed by atoms with Gasteiger partial charge in [0.1, 0.15) is 5.82 Å². The first-order chi connectivity index (χ1) is 8.10. The molecule has 1 unspecified atom stereocenters. The number of hydrogen-bond acceptors (Lipinski definition) is 4. The Labute approximate surface area is 98.4 Å². The molecule has 6 N–H and O–H groups in total. The summed E-state index contributed by atoms with van der Waals surface area (Å²) < 4.78 is 0. The van der Waals surface area contributed by atoms with Crippen LogP contribution in [0.2, 0.25) is 0 Å². The Morgan fingerprint density at radius 1 is 1.59 bits per heavy atom. The van der Waals surface area contributed by atoms with Crippen LogP contribution >= 0.6 is 0 Å². The van der Waals surface area contributed by atoms with Crippen molar-refractivity contribution in [1.29, 1.82) is 0 Å². The van der Waals surface area contributed by atoms with Gasteiger partial charge in [-0.3, -0.25) is 10.2 Å². The van der Waals surface area contributed by atoms with E-state index in [0.717, 1.165) is 22.4 Å². The van der Waals surface area contributed by atoms with E-state index in [0.29, 0.717) is 6.42 Å². The van der Waals surface area contributed by atoms with Gasteiger partial charge in [0.25, 0.3) is 5.91 Å². The van der Waals surface area contributed by atoms with Gasteiger partial charge >= 0.3 is 0 Å². The quantitative estimate of drug-likeness (QED) is 0.332. The summed E-state index contributed by atoms with van der Waals surface area (Å²) in [6, 6.07) is 5.12. The van der Waals surface area contributed by atoms with Gasteiger partial charge in [-0.25, -0.2) is 10.8 Å². The van der Waals surface area contributed by atoms with Crippen molar-refractivity contribution in [2.45, 2.75) is 19.4 Å². The molecule has 0 aliphatic heterocycles. The van der Waals surface area contributed by atoms with Crippen molar-refractivity contribution in [3.05, 3.63) is 29.6 Å². The SMILES string of the molecule is Cc1nc2ccc(CC(N)C(=O)NN)cc2[nH]1. The van der Waals surface area contributed by atoms with Crippen LogP contribution in [-0.4, -0.2) is 21.9 Å².